The summed E-state index contributed by atoms with van der Waals surface area (Å²) in [5.74, 6) is 1.02. The lowest BCUT2D eigenvalue weighted by Gasteiger charge is -2.22. The van der Waals surface area contributed by atoms with Crippen LogP contribution in [-0.4, -0.2) is 22.2 Å². The SMILES string of the molecule is NC1CCc2c(-c3ccc4c(c3)CCO4)nc(Br)n2C1. The molecule has 1 unspecified atom stereocenters. The summed E-state index contributed by atoms with van der Waals surface area (Å²) < 4.78 is 8.66. The van der Waals surface area contributed by atoms with Crippen molar-refractivity contribution in [1.82, 2.24) is 9.55 Å². The van der Waals surface area contributed by atoms with Crippen molar-refractivity contribution in [3.63, 3.8) is 0 Å². The molecular weight excluding hydrogens is 318 g/mol. The Morgan fingerprint density at radius 3 is 3.15 bits per heavy atom. The largest absolute Gasteiger partial charge is 0.493 e. The summed E-state index contributed by atoms with van der Waals surface area (Å²) in [5, 5.41) is 0. The van der Waals surface area contributed by atoms with Gasteiger partial charge >= 0.3 is 0 Å². The fourth-order valence-corrected chi connectivity index (χ4v) is 3.64. The number of aromatic nitrogens is 2. The fraction of sp³-hybridized carbons (Fsp3) is 0.400. The third-order valence-electron chi connectivity index (χ3n) is 4.16. The number of hydrogen-bond donors (Lipinski definition) is 1. The molecule has 2 N–H and O–H groups in total. The maximum absolute atomic E-state index is 6.05. The number of rotatable bonds is 1. The van der Waals surface area contributed by atoms with Crippen LogP contribution in [0.5, 0.6) is 5.75 Å². The van der Waals surface area contributed by atoms with Gasteiger partial charge in [0, 0.05) is 30.3 Å². The molecule has 0 bridgehead atoms. The zero-order valence-corrected chi connectivity index (χ0v) is 12.7. The minimum absolute atomic E-state index is 0.231. The van der Waals surface area contributed by atoms with Crippen LogP contribution in [0.4, 0.5) is 0 Å². The molecule has 104 valence electrons. The van der Waals surface area contributed by atoms with Gasteiger partial charge in [-0.1, -0.05) is 0 Å². The first-order valence-corrected chi connectivity index (χ1v) is 7.78. The van der Waals surface area contributed by atoms with Gasteiger partial charge in [0.15, 0.2) is 4.73 Å². The van der Waals surface area contributed by atoms with Crippen molar-refractivity contribution in [3.8, 4) is 17.0 Å². The van der Waals surface area contributed by atoms with E-state index in [4.69, 9.17) is 15.5 Å². The Balaban J connectivity index is 1.81. The van der Waals surface area contributed by atoms with Crippen LogP contribution < -0.4 is 10.5 Å². The molecule has 3 heterocycles. The highest BCUT2D eigenvalue weighted by molar-refractivity contribution is 9.10. The van der Waals surface area contributed by atoms with Crippen molar-refractivity contribution in [3.05, 3.63) is 34.2 Å². The van der Waals surface area contributed by atoms with Gasteiger partial charge in [-0.05, 0) is 52.5 Å². The third-order valence-corrected chi connectivity index (χ3v) is 4.76. The van der Waals surface area contributed by atoms with Gasteiger partial charge in [0.25, 0.3) is 0 Å². The van der Waals surface area contributed by atoms with Crippen molar-refractivity contribution in [1.29, 1.82) is 0 Å². The first kappa shape index (κ1) is 12.4. The summed E-state index contributed by atoms with van der Waals surface area (Å²) in [5.41, 5.74) is 10.9. The van der Waals surface area contributed by atoms with Crippen molar-refractivity contribution < 1.29 is 4.74 Å². The van der Waals surface area contributed by atoms with E-state index in [9.17, 15) is 0 Å². The van der Waals surface area contributed by atoms with Gasteiger partial charge in [0.1, 0.15) is 5.75 Å². The average Bonchev–Trinajstić information content (AvgIpc) is 3.03. The Morgan fingerprint density at radius 1 is 1.35 bits per heavy atom. The molecule has 2 aliphatic heterocycles. The molecule has 5 heteroatoms. The molecule has 1 aromatic carbocycles. The van der Waals surface area contributed by atoms with Crippen LogP contribution in [0.3, 0.4) is 0 Å². The highest BCUT2D eigenvalue weighted by Gasteiger charge is 2.24. The summed E-state index contributed by atoms with van der Waals surface area (Å²) in [6.07, 6.45) is 3.01. The zero-order chi connectivity index (χ0) is 13.7. The predicted octanol–water partition coefficient (Wildman–Crippen LogP) is 2.52. The number of ether oxygens (including phenoxy) is 1. The summed E-state index contributed by atoms with van der Waals surface area (Å²) in [6, 6.07) is 6.61. The molecule has 1 atom stereocenters. The van der Waals surface area contributed by atoms with E-state index in [0.717, 1.165) is 48.6 Å². The number of fused-ring (bicyclic) bond motifs is 2. The molecule has 0 saturated carbocycles. The van der Waals surface area contributed by atoms with Gasteiger partial charge in [-0.2, -0.15) is 0 Å². The second-order valence-electron chi connectivity index (χ2n) is 5.51. The molecule has 0 spiro atoms. The average molecular weight is 334 g/mol. The van der Waals surface area contributed by atoms with E-state index in [0.29, 0.717) is 0 Å². The fourth-order valence-electron chi connectivity index (χ4n) is 3.11. The van der Waals surface area contributed by atoms with E-state index in [-0.39, 0.29) is 6.04 Å². The molecule has 0 fully saturated rings. The molecule has 4 rings (SSSR count). The van der Waals surface area contributed by atoms with E-state index in [1.54, 1.807) is 0 Å². The Hall–Kier alpha value is -1.33. The second kappa shape index (κ2) is 4.60. The maximum atomic E-state index is 6.05. The number of benzene rings is 1. The smallest absolute Gasteiger partial charge is 0.177 e. The lowest BCUT2D eigenvalue weighted by Crippen LogP contribution is -2.31. The van der Waals surface area contributed by atoms with Crippen LogP contribution in [0.25, 0.3) is 11.3 Å². The van der Waals surface area contributed by atoms with Gasteiger partial charge in [0.2, 0.25) is 0 Å². The van der Waals surface area contributed by atoms with Crippen molar-refractivity contribution in [2.45, 2.75) is 31.8 Å². The van der Waals surface area contributed by atoms with Crippen LogP contribution in [0.1, 0.15) is 17.7 Å². The monoisotopic (exact) mass is 333 g/mol. The summed E-state index contributed by atoms with van der Waals surface area (Å²) in [6.45, 7) is 1.63. The number of imidazole rings is 1. The lowest BCUT2D eigenvalue weighted by molar-refractivity contribution is 0.357. The Kier molecular flexibility index (Phi) is 2.86. The Morgan fingerprint density at radius 2 is 2.25 bits per heavy atom. The normalized spacial score (nSPS) is 20.4. The highest BCUT2D eigenvalue weighted by Crippen LogP contribution is 2.34. The lowest BCUT2D eigenvalue weighted by atomic mass is 10.00. The topological polar surface area (TPSA) is 53.1 Å². The number of nitrogens with two attached hydrogens (primary N) is 1. The van der Waals surface area contributed by atoms with Crippen LogP contribution >= 0.6 is 15.9 Å². The number of halogens is 1. The molecule has 0 aliphatic carbocycles. The van der Waals surface area contributed by atoms with Crippen molar-refractivity contribution in [2.24, 2.45) is 5.73 Å². The minimum atomic E-state index is 0.231. The number of hydrogen-bond acceptors (Lipinski definition) is 3. The Labute approximate surface area is 126 Å². The van der Waals surface area contributed by atoms with Crippen LogP contribution in [0, 0.1) is 0 Å². The standard InChI is InChI=1S/C15H16BrN3O/c16-15-18-14(12-3-2-11(17)8-19(12)15)10-1-4-13-9(7-10)5-6-20-13/h1,4,7,11H,2-3,5-6,8,17H2. The van der Waals surface area contributed by atoms with Crippen LogP contribution in [-0.2, 0) is 19.4 Å². The van der Waals surface area contributed by atoms with E-state index in [2.05, 4.69) is 38.7 Å². The summed E-state index contributed by atoms with van der Waals surface area (Å²) in [7, 11) is 0. The molecule has 0 radical (unpaired) electrons. The molecule has 2 aliphatic rings. The van der Waals surface area contributed by atoms with Crippen molar-refractivity contribution >= 4 is 15.9 Å². The van der Waals surface area contributed by atoms with E-state index < -0.39 is 0 Å². The van der Waals surface area contributed by atoms with Crippen LogP contribution in [0.15, 0.2) is 22.9 Å². The molecule has 2 aromatic rings. The van der Waals surface area contributed by atoms with E-state index in [1.165, 1.54) is 16.8 Å². The molecule has 0 saturated heterocycles. The first-order valence-electron chi connectivity index (χ1n) is 6.99. The Bertz CT molecular complexity index is 680. The van der Waals surface area contributed by atoms with Gasteiger partial charge in [0.05, 0.1) is 12.3 Å². The van der Waals surface area contributed by atoms with Crippen molar-refractivity contribution in [2.75, 3.05) is 6.61 Å². The molecular formula is C15H16BrN3O. The van der Waals surface area contributed by atoms with E-state index in [1.807, 2.05) is 0 Å². The van der Waals surface area contributed by atoms with Gasteiger partial charge in [-0.15, -0.1) is 0 Å². The van der Waals surface area contributed by atoms with E-state index >= 15 is 0 Å². The van der Waals surface area contributed by atoms with Gasteiger partial charge in [-0.25, -0.2) is 4.98 Å². The highest BCUT2D eigenvalue weighted by atomic mass is 79.9. The van der Waals surface area contributed by atoms with Crippen LogP contribution in [0.2, 0.25) is 0 Å². The number of nitrogens with zero attached hydrogens (tertiary/aromatic N) is 2. The second-order valence-corrected chi connectivity index (χ2v) is 6.22. The van der Waals surface area contributed by atoms with Gasteiger partial charge < -0.3 is 15.0 Å². The third kappa shape index (κ3) is 1.88. The molecule has 1 aromatic heterocycles. The van der Waals surface area contributed by atoms with Gasteiger partial charge in [-0.3, -0.25) is 0 Å². The quantitative estimate of drug-likeness (QED) is 0.872. The summed E-state index contributed by atoms with van der Waals surface area (Å²) in [4.78, 5) is 4.71. The summed E-state index contributed by atoms with van der Waals surface area (Å²) >= 11 is 3.56. The zero-order valence-electron chi connectivity index (χ0n) is 11.1. The maximum Gasteiger partial charge on any atom is 0.177 e. The molecule has 4 nitrogen and oxygen atoms in total. The predicted molar refractivity (Wildman–Crippen MR) is 80.9 cm³/mol. The molecule has 0 amide bonds. The molecule has 20 heavy (non-hydrogen) atoms. The first-order chi connectivity index (χ1) is 9.72. The minimum Gasteiger partial charge on any atom is -0.493 e.